The topological polar surface area (TPSA) is 124 Å². The maximum Gasteiger partial charge on any atom is 0.300 e. The van der Waals surface area contributed by atoms with Crippen molar-refractivity contribution in [1.82, 2.24) is 4.98 Å². The van der Waals surface area contributed by atoms with E-state index in [0.717, 1.165) is 5.56 Å². The Morgan fingerprint density at radius 3 is 2.58 bits per heavy atom. The lowest BCUT2D eigenvalue weighted by Crippen LogP contribution is -2.14. The number of carbonyl (C=O) groups is 2. The predicted molar refractivity (Wildman–Crippen MR) is 115 cm³/mol. The number of oxazole rings is 1. The third kappa shape index (κ3) is 4.09. The quantitative estimate of drug-likeness (QED) is 0.439. The summed E-state index contributed by atoms with van der Waals surface area (Å²) in [6, 6.07) is 15.3. The second-order valence-electron chi connectivity index (χ2n) is 7.14. The first kappa shape index (κ1) is 20.1. The van der Waals surface area contributed by atoms with Crippen LogP contribution in [0, 0.1) is 12.7 Å². The highest BCUT2D eigenvalue weighted by atomic mass is 19.1. The lowest BCUT2D eigenvalue weighted by Gasteiger charge is -2.06. The number of fused-ring (bicyclic) bond motifs is 1. The SMILES string of the molecule is Cc1cc(Nc2nc3cccc(-c4ccc(CC(N)=O)c(F)c4)c3o2)ccc1C(N)=O. The predicted octanol–water partition coefficient (Wildman–Crippen LogP) is 3.81. The van der Waals surface area contributed by atoms with Gasteiger partial charge >= 0.3 is 0 Å². The number of halogens is 1. The number of hydrogen-bond donors (Lipinski definition) is 3. The van der Waals surface area contributed by atoms with Crippen molar-refractivity contribution in [3.05, 3.63) is 77.1 Å². The normalized spacial score (nSPS) is 10.9. The summed E-state index contributed by atoms with van der Waals surface area (Å²) in [6.45, 7) is 1.78. The second kappa shape index (κ2) is 7.91. The van der Waals surface area contributed by atoms with E-state index < -0.39 is 17.6 Å². The molecule has 0 aliphatic rings. The lowest BCUT2D eigenvalue weighted by atomic mass is 10.0. The molecule has 156 valence electrons. The molecule has 0 aliphatic heterocycles. The number of anilines is 2. The van der Waals surface area contributed by atoms with Crippen molar-refractivity contribution in [1.29, 1.82) is 0 Å². The highest BCUT2D eigenvalue weighted by molar-refractivity contribution is 5.95. The number of aryl methyl sites for hydroxylation is 1. The third-order valence-electron chi connectivity index (χ3n) is 4.89. The average Bonchev–Trinajstić information content (AvgIpc) is 3.11. The van der Waals surface area contributed by atoms with Crippen LogP contribution in [-0.2, 0) is 11.2 Å². The fourth-order valence-corrected chi connectivity index (χ4v) is 3.42. The van der Waals surface area contributed by atoms with Gasteiger partial charge in [-0.1, -0.05) is 24.3 Å². The average molecular weight is 418 g/mol. The Morgan fingerprint density at radius 2 is 1.90 bits per heavy atom. The molecule has 5 N–H and O–H groups in total. The van der Waals surface area contributed by atoms with Crippen LogP contribution in [0.4, 0.5) is 16.1 Å². The molecule has 4 rings (SSSR count). The monoisotopic (exact) mass is 418 g/mol. The fourth-order valence-electron chi connectivity index (χ4n) is 3.42. The van der Waals surface area contributed by atoms with Gasteiger partial charge in [-0.3, -0.25) is 9.59 Å². The second-order valence-corrected chi connectivity index (χ2v) is 7.14. The first-order valence-electron chi connectivity index (χ1n) is 9.46. The van der Waals surface area contributed by atoms with E-state index in [4.69, 9.17) is 15.9 Å². The molecule has 0 saturated heterocycles. The number of carbonyl (C=O) groups excluding carboxylic acids is 2. The van der Waals surface area contributed by atoms with Gasteiger partial charge in [-0.05, 0) is 53.9 Å². The minimum Gasteiger partial charge on any atom is -0.423 e. The van der Waals surface area contributed by atoms with Crippen molar-refractivity contribution in [3.8, 4) is 11.1 Å². The van der Waals surface area contributed by atoms with E-state index in [-0.39, 0.29) is 18.0 Å². The van der Waals surface area contributed by atoms with E-state index >= 15 is 0 Å². The summed E-state index contributed by atoms with van der Waals surface area (Å²) in [7, 11) is 0. The van der Waals surface area contributed by atoms with E-state index in [9.17, 15) is 14.0 Å². The van der Waals surface area contributed by atoms with Gasteiger partial charge in [-0.25, -0.2) is 4.39 Å². The summed E-state index contributed by atoms with van der Waals surface area (Å²) in [4.78, 5) is 26.9. The number of nitrogens with zero attached hydrogens (tertiary/aromatic N) is 1. The summed E-state index contributed by atoms with van der Waals surface area (Å²) in [6.07, 6.45) is -0.166. The molecule has 0 bridgehead atoms. The van der Waals surface area contributed by atoms with Crippen LogP contribution in [0.2, 0.25) is 0 Å². The van der Waals surface area contributed by atoms with Gasteiger partial charge < -0.3 is 21.2 Å². The number of amides is 2. The van der Waals surface area contributed by atoms with Crippen LogP contribution in [0.3, 0.4) is 0 Å². The number of nitrogens with two attached hydrogens (primary N) is 2. The van der Waals surface area contributed by atoms with Crippen molar-refractivity contribution in [2.24, 2.45) is 11.5 Å². The minimum absolute atomic E-state index is 0.166. The van der Waals surface area contributed by atoms with Crippen molar-refractivity contribution >= 4 is 34.6 Å². The summed E-state index contributed by atoms with van der Waals surface area (Å²) in [5.41, 5.74) is 14.9. The highest BCUT2D eigenvalue weighted by Gasteiger charge is 2.14. The number of rotatable bonds is 6. The molecule has 0 saturated carbocycles. The molecule has 3 aromatic carbocycles. The van der Waals surface area contributed by atoms with Crippen LogP contribution in [0.1, 0.15) is 21.5 Å². The van der Waals surface area contributed by atoms with Gasteiger partial charge in [-0.15, -0.1) is 0 Å². The molecule has 0 unspecified atom stereocenters. The Morgan fingerprint density at radius 1 is 1.10 bits per heavy atom. The fraction of sp³-hybridized carbons (Fsp3) is 0.0870. The Hall–Kier alpha value is -4.20. The van der Waals surface area contributed by atoms with Gasteiger partial charge in [0, 0.05) is 16.8 Å². The molecule has 31 heavy (non-hydrogen) atoms. The molecule has 0 spiro atoms. The standard InChI is InChI=1S/C23H19FN4O3/c1-12-9-15(7-8-16(12)22(26)30)27-23-28-19-4-2-3-17(21(19)31-23)13-5-6-14(11-20(25)29)18(24)10-13/h2-10H,11H2,1H3,(H2,25,29)(H2,26,30)(H,27,28). The van der Waals surface area contributed by atoms with Crippen LogP contribution in [0.25, 0.3) is 22.2 Å². The smallest absolute Gasteiger partial charge is 0.300 e. The Labute approximate surface area is 176 Å². The molecule has 2 amide bonds. The van der Waals surface area contributed by atoms with Gasteiger partial charge in [0.25, 0.3) is 6.01 Å². The van der Waals surface area contributed by atoms with Crippen molar-refractivity contribution < 1.29 is 18.4 Å². The van der Waals surface area contributed by atoms with Gasteiger partial charge in [0.15, 0.2) is 5.58 Å². The minimum atomic E-state index is -0.598. The Kier molecular flexibility index (Phi) is 5.12. The number of aromatic nitrogens is 1. The summed E-state index contributed by atoms with van der Waals surface area (Å²) in [5, 5.41) is 3.07. The molecule has 0 radical (unpaired) electrons. The number of benzene rings is 3. The maximum absolute atomic E-state index is 14.4. The van der Waals surface area contributed by atoms with Gasteiger partial charge in [0.1, 0.15) is 11.3 Å². The summed E-state index contributed by atoms with van der Waals surface area (Å²) >= 11 is 0. The zero-order valence-electron chi connectivity index (χ0n) is 16.6. The number of hydrogen-bond acceptors (Lipinski definition) is 5. The first-order chi connectivity index (χ1) is 14.8. The highest BCUT2D eigenvalue weighted by Crippen LogP contribution is 2.32. The molecule has 0 aliphatic carbocycles. The third-order valence-corrected chi connectivity index (χ3v) is 4.89. The van der Waals surface area contributed by atoms with E-state index in [1.165, 1.54) is 12.1 Å². The van der Waals surface area contributed by atoms with Crippen LogP contribution in [0.15, 0.2) is 59.0 Å². The zero-order valence-corrected chi connectivity index (χ0v) is 16.6. The van der Waals surface area contributed by atoms with E-state index in [1.807, 2.05) is 0 Å². The van der Waals surface area contributed by atoms with Crippen LogP contribution < -0.4 is 16.8 Å². The van der Waals surface area contributed by atoms with Crippen LogP contribution >= 0.6 is 0 Å². The van der Waals surface area contributed by atoms with Crippen LogP contribution in [-0.4, -0.2) is 16.8 Å². The molecular weight excluding hydrogens is 399 g/mol. The van der Waals surface area contributed by atoms with Gasteiger partial charge in [0.05, 0.1) is 6.42 Å². The van der Waals surface area contributed by atoms with Gasteiger partial charge in [0.2, 0.25) is 11.8 Å². The van der Waals surface area contributed by atoms with Crippen molar-refractivity contribution in [2.45, 2.75) is 13.3 Å². The molecule has 8 heteroatoms. The molecule has 0 atom stereocenters. The zero-order chi connectivity index (χ0) is 22.1. The molecule has 1 aromatic heterocycles. The number of nitrogens with one attached hydrogen (secondary N) is 1. The van der Waals surface area contributed by atoms with Gasteiger partial charge in [-0.2, -0.15) is 4.98 Å². The Balaban J connectivity index is 1.68. The molecule has 0 fully saturated rings. The van der Waals surface area contributed by atoms with Crippen molar-refractivity contribution in [3.63, 3.8) is 0 Å². The van der Waals surface area contributed by atoms with Crippen molar-refractivity contribution in [2.75, 3.05) is 5.32 Å². The largest absolute Gasteiger partial charge is 0.423 e. The number of para-hydroxylation sites is 1. The maximum atomic E-state index is 14.4. The summed E-state index contributed by atoms with van der Waals surface area (Å²) in [5.74, 6) is -1.61. The van der Waals surface area contributed by atoms with E-state index in [1.54, 1.807) is 49.4 Å². The summed E-state index contributed by atoms with van der Waals surface area (Å²) < 4.78 is 20.3. The Bertz CT molecular complexity index is 1330. The molecule has 1 heterocycles. The van der Waals surface area contributed by atoms with Crippen LogP contribution in [0.5, 0.6) is 0 Å². The molecular formula is C23H19FN4O3. The molecule has 4 aromatic rings. The lowest BCUT2D eigenvalue weighted by molar-refractivity contribution is -0.117. The van der Waals surface area contributed by atoms with E-state index in [0.29, 0.717) is 33.5 Å². The number of primary amides is 2. The molecule has 7 nitrogen and oxygen atoms in total. The van der Waals surface area contributed by atoms with E-state index in [2.05, 4.69) is 10.3 Å². The first-order valence-corrected chi connectivity index (χ1v) is 9.46.